The zero-order valence-corrected chi connectivity index (χ0v) is 19.9. The Hall–Kier alpha value is -3.40. The molecule has 0 fully saturated rings. The number of rotatable bonds is 11. The number of methoxy groups -OCH3 is 1. The quantitative estimate of drug-likeness (QED) is 0.315. The lowest BCUT2D eigenvalue weighted by Crippen LogP contribution is -2.24. The van der Waals surface area contributed by atoms with Crippen LogP contribution in [-0.2, 0) is 11.2 Å². The Kier molecular flexibility index (Phi) is 8.02. The standard InChI is InChI=1S/C26H30FN5O3/c1-3-18-6-4-9-25(30-18)32-23-14-17(15-24(19(23)16-29-32)35-13-12-34-2)21-7-5-8-22(31-21)26(28)20(27)10-11-33/h4-9,14-16,20,26,33H,3,10-13,28H2,1-2H3/t20?,26-/m0/s1. The molecule has 4 aromatic rings. The number of ether oxygens (including phenoxy) is 2. The molecular weight excluding hydrogens is 449 g/mol. The largest absolute Gasteiger partial charge is 0.490 e. The Labute approximate surface area is 203 Å². The van der Waals surface area contributed by atoms with Crippen molar-refractivity contribution in [1.29, 1.82) is 0 Å². The molecule has 1 aromatic carbocycles. The maximum atomic E-state index is 14.3. The number of hydrogen-bond acceptors (Lipinski definition) is 7. The Morgan fingerprint density at radius 3 is 2.71 bits per heavy atom. The van der Waals surface area contributed by atoms with Crippen molar-refractivity contribution in [3.05, 3.63) is 66.1 Å². The number of nitrogens with zero attached hydrogens (tertiary/aromatic N) is 4. The summed E-state index contributed by atoms with van der Waals surface area (Å²) in [6.45, 7) is 2.59. The minimum Gasteiger partial charge on any atom is -0.490 e. The van der Waals surface area contributed by atoms with Crippen LogP contribution in [0, 0.1) is 0 Å². The van der Waals surface area contributed by atoms with Gasteiger partial charge in [0.2, 0.25) is 0 Å². The highest BCUT2D eigenvalue weighted by molar-refractivity contribution is 5.90. The second-order valence-corrected chi connectivity index (χ2v) is 8.15. The first-order valence-electron chi connectivity index (χ1n) is 11.6. The Balaban J connectivity index is 1.81. The Morgan fingerprint density at radius 2 is 1.94 bits per heavy atom. The van der Waals surface area contributed by atoms with Gasteiger partial charge in [0.1, 0.15) is 18.5 Å². The Bertz CT molecular complexity index is 1280. The van der Waals surface area contributed by atoms with Crippen LogP contribution in [0.3, 0.4) is 0 Å². The number of aliphatic hydroxyl groups is 1. The van der Waals surface area contributed by atoms with E-state index in [4.69, 9.17) is 25.3 Å². The number of pyridine rings is 2. The smallest absolute Gasteiger partial charge is 0.154 e. The first-order chi connectivity index (χ1) is 17.0. The van der Waals surface area contributed by atoms with Gasteiger partial charge in [-0.2, -0.15) is 5.10 Å². The zero-order valence-electron chi connectivity index (χ0n) is 19.9. The lowest BCUT2D eigenvalue weighted by Gasteiger charge is -2.16. The van der Waals surface area contributed by atoms with E-state index < -0.39 is 12.2 Å². The normalized spacial score (nSPS) is 13.2. The summed E-state index contributed by atoms with van der Waals surface area (Å²) in [6, 6.07) is 14.1. The van der Waals surface area contributed by atoms with Gasteiger partial charge in [-0.05, 0) is 42.8 Å². The fourth-order valence-corrected chi connectivity index (χ4v) is 3.85. The fourth-order valence-electron chi connectivity index (χ4n) is 3.85. The molecule has 0 bridgehead atoms. The van der Waals surface area contributed by atoms with Gasteiger partial charge < -0.3 is 20.3 Å². The summed E-state index contributed by atoms with van der Waals surface area (Å²) in [5.74, 6) is 1.33. The first-order valence-corrected chi connectivity index (χ1v) is 11.6. The molecule has 184 valence electrons. The fraction of sp³-hybridized carbons (Fsp3) is 0.346. The van der Waals surface area contributed by atoms with Crippen LogP contribution in [0.4, 0.5) is 4.39 Å². The molecule has 3 aromatic heterocycles. The van der Waals surface area contributed by atoms with E-state index in [1.807, 2.05) is 36.4 Å². The van der Waals surface area contributed by atoms with Gasteiger partial charge >= 0.3 is 0 Å². The number of aryl methyl sites for hydroxylation is 1. The van der Waals surface area contributed by atoms with Crippen LogP contribution in [0.15, 0.2) is 54.7 Å². The predicted octanol–water partition coefficient (Wildman–Crippen LogP) is 3.79. The van der Waals surface area contributed by atoms with Gasteiger partial charge in [0.15, 0.2) is 5.82 Å². The summed E-state index contributed by atoms with van der Waals surface area (Å²) in [6.07, 6.45) is 1.13. The van der Waals surface area contributed by atoms with Gasteiger partial charge in [-0.3, -0.25) is 4.98 Å². The van der Waals surface area contributed by atoms with E-state index in [-0.39, 0.29) is 13.0 Å². The lowest BCUT2D eigenvalue weighted by molar-refractivity contribution is 0.147. The van der Waals surface area contributed by atoms with Crippen LogP contribution in [0.25, 0.3) is 28.0 Å². The summed E-state index contributed by atoms with van der Waals surface area (Å²) in [7, 11) is 1.62. The summed E-state index contributed by atoms with van der Waals surface area (Å²) >= 11 is 0. The molecule has 2 atom stereocenters. The van der Waals surface area contributed by atoms with Gasteiger partial charge in [0, 0.05) is 31.4 Å². The van der Waals surface area contributed by atoms with Gasteiger partial charge in [-0.15, -0.1) is 0 Å². The maximum Gasteiger partial charge on any atom is 0.154 e. The molecular formula is C26H30FN5O3. The van der Waals surface area contributed by atoms with E-state index >= 15 is 0 Å². The summed E-state index contributed by atoms with van der Waals surface area (Å²) in [5.41, 5.74) is 9.64. The van der Waals surface area contributed by atoms with Crippen molar-refractivity contribution in [2.75, 3.05) is 26.9 Å². The van der Waals surface area contributed by atoms with Crippen LogP contribution in [0.2, 0.25) is 0 Å². The third kappa shape index (κ3) is 5.48. The third-order valence-corrected chi connectivity index (χ3v) is 5.77. The molecule has 0 radical (unpaired) electrons. The number of aromatic nitrogens is 4. The average molecular weight is 480 g/mol. The molecule has 0 saturated heterocycles. The molecule has 35 heavy (non-hydrogen) atoms. The van der Waals surface area contributed by atoms with Crippen molar-refractivity contribution < 1.29 is 19.0 Å². The molecule has 3 N–H and O–H groups in total. The molecule has 0 aliphatic heterocycles. The number of alkyl halides is 1. The van der Waals surface area contributed by atoms with E-state index in [1.165, 1.54) is 0 Å². The topological polar surface area (TPSA) is 108 Å². The molecule has 3 heterocycles. The number of halogens is 1. The van der Waals surface area contributed by atoms with Crippen LogP contribution in [0.5, 0.6) is 5.75 Å². The highest BCUT2D eigenvalue weighted by Gasteiger charge is 2.21. The number of fused-ring (bicyclic) bond motifs is 1. The molecule has 9 heteroatoms. The number of benzene rings is 1. The third-order valence-electron chi connectivity index (χ3n) is 5.77. The SMILES string of the molecule is CCc1cccc(-n2ncc3c(OCCOC)cc(-c4cccc([C@@H](N)C(F)CCO)n4)cc32)n1. The van der Waals surface area contributed by atoms with Crippen molar-refractivity contribution in [2.24, 2.45) is 5.73 Å². The molecule has 0 aliphatic rings. The molecule has 0 spiro atoms. The van der Waals surface area contributed by atoms with Crippen LogP contribution >= 0.6 is 0 Å². The van der Waals surface area contributed by atoms with E-state index in [2.05, 4.69) is 17.0 Å². The van der Waals surface area contributed by atoms with E-state index in [0.717, 1.165) is 28.6 Å². The minimum absolute atomic E-state index is 0.0421. The van der Waals surface area contributed by atoms with Crippen LogP contribution in [-0.4, -0.2) is 58.0 Å². The highest BCUT2D eigenvalue weighted by Crippen LogP contribution is 2.33. The summed E-state index contributed by atoms with van der Waals surface area (Å²) in [4.78, 5) is 9.34. The first kappa shape index (κ1) is 24.7. The summed E-state index contributed by atoms with van der Waals surface area (Å²) in [5, 5.41) is 14.5. The van der Waals surface area contributed by atoms with Crippen LogP contribution < -0.4 is 10.5 Å². The monoisotopic (exact) mass is 479 g/mol. The van der Waals surface area contributed by atoms with Crippen molar-refractivity contribution in [2.45, 2.75) is 32.0 Å². The second-order valence-electron chi connectivity index (χ2n) is 8.15. The van der Waals surface area contributed by atoms with E-state index in [1.54, 1.807) is 30.1 Å². The summed E-state index contributed by atoms with van der Waals surface area (Å²) < 4.78 is 27.3. The van der Waals surface area contributed by atoms with Crippen molar-refractivity contribution in [3.8, 4) is 22.8 Å². The lowest BCUT2D eigenvalue weighted by atomic mass is 10.0. The van der Waals surface area contributed by atoms with Crippen molar-refractivity contribution in [3.63, 3.8) is 0 Å². The average Bonchev–Trinajstić information content (AvgIpc) is 3.33. The van der Waals surface area contributed by atoms with Gasteiger partial charge in [-0.1, -0.05) is 19.1 Å². The van der Waals surface area contributed by atoms with Gasteiger partial charge in [0.25, 0.3) is 0 Å². The minimum atomic E-state index is -1.39. The highest BCUT2D eigenvalue weighted by atomic mass is 19.1. The number of nitrogens with two attached hydrogens (primary N) is 1. The van der Waals surface area contributed by atoms with Crippen molar-refractivity contribution >= 4 is 10.9 Å². The van der Waals surface area contributed by atoms with Gasteiger partial charge in [-0.25, -0.2) is 14.1 Å². The number of aliphatic hydroxyl groups excluding tert-OH is 1. The molecule has 0 amide bonds. The molecule has 4 rings (SSSR count). The van der Waals surface area contributed by atoms with Gasteiger partial charge in [0.05, 0.1) is 41.1 Å². The second kappa shape index (κ2) is 11.4. The molecule has 1 unspecified atom stereocenters. The van der Waals surface area contributed by atoms with Crippen LogP contribution in [0.1, 0.15) is 30.8 Å². The van der Waals surface area contributed by atoms with E-state index in [9.17, 15) is 4.39 Å². The molecule has 0 saturated carbocycles. The van der Waals surface area contributed by atoms with Crippen molar-refractivity contribution in [1.82, 2.24) is 19.7 Å². The molecule has 0 aliphatic carbocycles. The predicted molar refractivity (Wildman–Crippen MR) is 132 cm³/mol. The Morgan fingerprint density at radius 1 is 1.11 bits per heavy atom. The zero-order chi connectivity index (χ0) is 24.8. The maximum absolute atomic E-state index is 14.3. The van der Waals surface area contributed by atoms with E-state index in [0.29, 0.717) is 36.2 Å². The molecule has 8 nitrogen and oxygen atoms in total. The number of hydrogen-bond donors (Lipinski definition) is 2.